The Hall–Kier alpha value is -4.11. The fraction of sp³-hybridized carbons (Fsp3) is 0.250. The topological polar surface area (TPSA) is 90.0 Å². The third-order valence-corrected chi connectivity index (χ3v) is 8.46. The van der Waals surface area contributed by atoms with Gasteiger partial charge in [-0.15, -0.1) is 5.10 Å². The Kier molecular flexibility index (Phi) is 4.58. The van der Waals surface area contributed by atoms with E-state index in [-0.39, 0.29) is 23.4 Å². The van der Waals surface area contributed by atoms with Crippen molar-refractivity contribution in [3.8, 4) is 16.8 Å². The van der Waals surface area contributed by atoms with Crippen LogP contribution in [0.25, 0.3) is 22.4 Å². The molecule has 0 amide bonds. The second-order valence-corrected chi connectivity index (χ2v) is 10.8. The number of fused-ring (bicyclic) bond motifs is 4. The fourth-order valence-electron chi connectivity index (χ4n) is 6.41. The molecule has 0 saturated heterocycles. The van der Waals surface area contributed by atoms with Crippen molar-refractivity contribution >= 4 is 28.6 Å². The quantitative estimate of drug-likeness (QED) is 0.381. The van der Waals surface area contributed by atoms with E-state index >= 15 is 4.39 Å². The van der Waals surface area contributed by atoms with Crippen molar-refractivity contribution in [2.24, 2.45) is 10.9 Å². The first-order chi connectivity index (χ1) is 18.5. The molecule has 8 rings (SSSR count). The van der Waals surface area contributed by atoms with Crippen LogP contribution in [0.4, 0.5) is 10.1 Å². The number of rotatable bonds is 4. The van der Waals surface area contributed by atoms with Gasteiger partial charge in [0.05, 0.1) is 11.7 Å². The van der Waals surface area contributed by atoms with Gasteiger partial charge in [-0.3, -0.25) is 4.79 Å². The molecule has 0 bridgehead atoms. The highest BCUT2D eigenvalue weighted by Gasteiger charge is 2.55. The number of nitrogens with zero attached hydrogens (tertiary/aromatic N) is 6. The number of halogens is 2. The Morgan fingerprint density at radius 2 is 2.00 bits per heavy atom. The summed E-state index contributed by atoms with van der Waals surface area (Å²) < 4.78 is 18.6. The van der Waals surface area contributed by atoms with Crippen molar-refractivity contribution in [3.05, 3.63) is 93.0 Å². The molecule has 8 nitrogen and oxygen atoms in total. The van der Waals surface area contributed by atoms with E-state index in [2.05, 4.69) is 38.0 Å². The van der Waals surface area contributed by atoms with Gasteiger partial charge in [0.2, 0.25) is 5.95 Å². The molecule has 3 unspecified atom stereocenters. The van der Waals surface area contributed by atoms with Crippen molar-refractivity contribution in [3.63, 3.8) is 0 Å². The normalized spacial score (nSPS) is 22.7. The number of allylic oxidation sites excluding steroid dienone is 1. The molecule has 3 atom stereocenters. The lowest BCUT2D eigenvalue weighted by Crippen LogP contribution is -2.29. The van der Waals surface area contributed by atoms with Crippen LogP contribution in [0, 0.1) is 5.92 Å². The Bertz CT molecular complexity index is 1770. The summed E-state index contributed by atoms with van der Waals surface area (Å²) in [5.74, 6) is 0.0712. The average Bonchev–Trinajstić information content (AvgIpc) is 3.35. The highest BCUT2D eigenvalue weighted by Crippen LogP contribution is 2.60. The minimum atomic E-state index is -0.439. The van der Waals surface area contributed by atoms with Gasteiger partial charge in [-0.25, -0.2) is 4.99 Å². The van der Waals surface area contributed by atoms with E-state index in [1.165, 1.54) is 11.9 Å². The minimum Gasteiger partial charge on any atom is -0.384 e. The number of benzene rings is 2. The van der Waals surface area contributed by atoms with E-state index in [1.807, 2.05) is 28.8 Å². The van der Waals surface area contributed by atoms with E-state index in [0.717, 1.165) is 58.9 Å². The smallest absolute Gasteiger partial charge is 0.251 e. The lowest BCUT2D eigenvalue weighted by Gasteiger charge is -2.20. The average molecular weight is 526 g/mol. The summed E-state index contributed by atoms with van der Waals surface area (Å²) >= 11 is 6.34. The second-order valence-electron chi connectivity index (χ2n) is 10.3. The van der Waals surface area contributed by atoms with Gasteiger partial charge in [0.1, 0.15) is 6.33 Å². The summed E-state index contributed by atoms with van der Waals surface area (Å²) in [5, 5.41) is 15.4. The van der Waals surface area contributed by atoms with Crippen LogP contribution in [0.2, 0.25) is 5.02 Å². The van der Waals surface area contributed by atoms with Crippen molar-refractivity contribution in [1.82, 2.24) is 24.8 Å². The third-order valence-electron chi connectivity index (χ3n) is 8.22. The maximum Gasteiger partial charge on any atom is 0.251 e. The first-order valence-corrected chi connectivity index (χ1v) is 13.1. The number of hydrogen-bond donors (Lipinski definition) is 1. The maximum absolute atomic E-state index is 15.2. The summed E-state index contributed by atoms with van der Waals surface area (Å²) in [6.07, 6.45) is 3.82. The van der Waals surface area contributed by atoms with Crippen LogP contribution in [0.15, 0.2) is 70.6 Å². The molecule has 1 aliphatic carbocycles. The number of hydrogen-bond acceptors (Lipinski definition) is 6. The van der Waals surface area contributed by atoms with E-state index in [9.17, 15) is 4.79 Å². The molecule has 5 heterocycles. The van der Waals surface area contributed by atoms with E-state index in [1.54, 1.807) is 16.8 Å². The van der Waals surface area contributed by atoms with Crippen LogP contribution in [0.5, 0.6) is 0 Å². The molecular weight excluding hydrogens is 505 g/mol. The summed E-state index contributed by atoms with van der Waals surface area (Å²) in [7, 11) is 0. The standard InChI is InChI=1S/C28H21ClFN7O/c29-17-2-4-24(36-13-32-34-35-36)18(10-17)16-8-25-20-11-21(20)27(37(25)26(38)9-16)23-12-19(28(30)33-23)14-1-3-22-15(7-14)5-6-31-22/h1-4,7-10,13,20-21,27,31H,5-6,11-12H2. The van der Waals surface area contributed by atoms with Gasteiger partial charge in [0.15, 0.2) is 0 Å². The van der Waals surface area contributed by atoms with Crippen LogP contribution in [-0.4, -0.2) is 37.0 Å². The van der Waals surface area contributed by atoms with E-state index in [0.29, 0.717) is 17.0 Å². The molecule has 2 aromatic carbocycles. The lowest BCUT2D eigenvalue weighted by atomic mass is 9.96. The maximum atomic E-state index is 15.2. The molecule has 38 heavy (non-hydrogen) atoms. The fourth-order valence-corrected chi connectivity index (χ4v) is 6.59. The Morgan fingerprint density at radius 3 is 2.87 bits per heavy atom. The van der Waals surface area contributed by atoms with Crippen molar-refractivity contribution < 1.29 is 4.39 Å². The molecule has 1 saturated carbocycles. The molecule has 1 fully saturated rings. The molecule has 0 radical (unpaired) electrons. The first kappa shape index (κ1) is 21.9. The lowest BCUT2D eigenvalue weighted by molar-refractivity contribution is 0.579. The molecule has 10 heteroatoms. The monoisotopic (exact) mass is 525 g/mol. The largest absolute Gasteiger partial charge is 0.384 e. The Balaban J connectivity index is 1.16. The molecule has 2 aromatic heterocycles. The van der Waals surface area contributed by atoms with Gasteiger partial charge in [0.25, 0.3) is 5.56 Å². The molecular formula is C28H21ClFN7O. The zero-order valence-electron chi connectivity index (χ0n) is 20.1. The highest BCUT2D eigenvalue weighted by atomic mass is 35.5. The number of anilines is 1. The van der Waals surface area contributed by atoms with E-state index in [4.69, 9.17) is 11.6 Å². The number of tetrazole rings is 1. The molecule has 188 valence electrons. The van der Waals surface area contributed by atoms with Crippen molar-refractivity contribution in [2.45, 2.75) is 31.2 Å². The van der Waals surface area contributed by atoms with Gasteiger partial charge in [-0.05, 0) is 82.3 Å². The Morgan fingerprint density at radius 1 is 1.08 bits per heavy atom. The summed E-state index contributed by atoms with van der Waals surface area (Å²) in [6.45, 7) is 0.904. The van der Waals surface area contributed by atoms with Crippen LogP contribution in [-0.2, 0) is 6.42 Å². The number of aromatic nitrogens is 5. The van der Waals surface area contributed by atoms with Gasteiger partial charge >= 0.3 is 0 Å². The summed E-state index contributed by atoms with van der Waals surface area (Å²) in [5.41, 5.74) is 7.61. The molecule has 1 N–H and O–H groups in total. The van der Waals surface area contributed by atoms with Crippen LogP contribution < -0.4 is 10.9 Å². The van der Waals surface area contributed by atoms with Crippen LogP contribution in [0.3, 0.4) is 0 Å². The van der Waals surface area contributed by atoms with E-state index < -0.39 is 5.95 Å². The Labute approximate surface area is 221 Å². The van der Waals surface area contributed by atoms with Crippen molar-refractivity contribution in [1.29, 1.82) is 0 Å². The molecule has 4 aromatic rings. The highest BCUT2D eigenvalue weighted by molar-refractivity contribution is 6.31. The molecule has 4 aliphatic rings. The number of aliphatic imine (C=N–C) groups is 1. The predicted molar refractivity (Wildman–Crippen MR) is 142 cm³/mol. The van der Waals surface area contributed by atoms with Gasteiger partial charge in [-0.1, -0.05) is 17.7 Å². The third kappa shape index (κ3) is 3.24. The van der Waals surface area contributed by atoms with Crippen LogP contribution >= 0.6 is 11.6 Å². The summed E-state index contributed by atoms with van der Waals surface area (Å²) in [6, 6.07) is 14.9. The predicted octanol–water partition coefficient (Wildman–Crippen LogP) is 4.95. The van der Waals surface area contributed by atoms with Gasteiger partial charge in [-0.2, -0.15) is 9.07 Å². The summed E-state index contributed by atoms with van der Waals surface area (Å²) in [4.78, 5) is 18.0. The first-order valence-electron chi connectivity index (χ1n) is 12.7. The van der Waals surface area contributed by atoms with Gasteiger partial charge < -0.3 is 9.88 Å². The van der Waals surface area contributed by atoms with Crippen LogP contribution in [0.1, 0.15) is 41.6 Å². The number of pyridine rings is 1. The molecule has 0 spiro atoms. The van der Waals surface area contributed by atoms with Gasteiger partial charge in [0, 0.05) is 58.2 Å². The molecule has 3 aliphatic heterocycles. The number of nitrogens with one attached hydrogen (secondary N) is 1. The SMILES string of the molecule is O=c1cc(-c2cc(Cl)ccc2-n2cnnn2)cc2n1C(C1=NC(F)=C(c3ccc4c(c3)CCN4)C1)C1CC21. The zero-order chi connectivity index (χ0) is 25.5. The zero-order valence-corrected chi connectivity index (χ0v) is 20.9. The van der Waals surface area contributed by atoms with Crippen molar-refractivity contribution in [2.75, 3.05) is 11.9 Å². The minimum absolute atomic E-state index is 0.127. The second kappa shape index (κ2) is 7.94.